The number of hydrogen-bond donors (Lipinski definition) is 0. The van der Waals surface area contributed by atoms with Crippen LogP contribution in [0.5, 0.6) is 0 Å². The zero-order valence-electron chi connectivity index (χ0n) is 15.4. The van der Waals surface area contributed by atoms with Crippen LogP contribution in [0.4, 0.5) is 0 Å². The fourth-order valence-electron chi connectivity index (χ4n) is 4.42. The van der Waals surface area contributed by atoms with E-state index in [0.29, 0.717) is 53.8 Å². The Bertz CT molecular complexity index is 1660. The van der Waals surface area contributed by atoms with Gasteiger partial charge in [0.05, 0.1) is 21.8 Å². The molecular formula is C25H11Cl2NO2. The van der Waals surface area contributed by atoms with Crippen molar-refractivity contribution in [3.8, 4) is 11.1 Å². The van der Waals surface area contributed by atoms with E-state index in [1.54, 1.807) is 30.3 Å². The number of fused-ring (bicyclic) bond motifs is 6. The van der Waals surface area contributed by atoms with E-state index in [1.165, 1.54) is 0 Å². The predicted octanol–water partition coefficient (Wildman–Crippen LogP) is 6.26. The second-order valence-corrected chi connectivity index (χ2v) is 8.15. The van der Waals surface area contributed by atoms with E-state index in [0.717, 1.165) is 10.8 Å². The molecule has 0 atom stereocenters. The lowest BCUT2D eigenvalue weighted by atomic mass is 9.99. The average Bonchev–Trinajstić information content (AvgIpc) is 3.20. The number of rotatable bonds is 1. The van der Waals surface area contributed by atoms with Crippen molar-refractivity contribution < 1.29 is 0 Å². The van der Waals surface area contributed by atoms with Gasteiger partial charge >= 0.3 is 0 Å². The zero-order valence-corrected chi connectivity index (χ0v) is 16.9. The van der Waals surface area contributed by atoms with E-state index in [-0.39, 0.29) is 10.9 Å². The molecule has 0 radical (unpaired) electrons. The SMILES string of the molecule is O=c1c2ccccc2c2nc3c(c(-c4ccc(Cl)cc4Cl)c12)c(=O)c1ccccc13. The van der Waals surface area contributed by atoms with E-state index in [4.69, 9.17) is 28.2 Å². The quantitative estimate of drug-likeness (QED) is 0.310. The molecule has 0 amide bonds. The molecule has 5 aromatic carbocycles. The van der Waals surface area contributed by atoms with E-state index in [2.05, 4.69) is 0 Å². The third kappa shape index (κ3) is 2.19. The summed E-state index contributed by atoms with van der Waals surface area (Å²) in [5, 5.41) is 4.39. The minimum Gasteiger partial charge on any atom is -0.288 e. The molecule has 0 saturated carbocycles. The second kappa shape index (κ2) is 6.11. The van der Waals surface area contributed by atoms with Crippen LogP contribution < -0.4 is 10.9 Å². The first kappa shape index (κ1) is 17.6. The van der Waals surface area contributed by atoms with Crippen molar-refractivity contribution in [2.24, 2.45) is 0 Å². The van der Waals surface area contributed by atoms with Gasteiger partial charge < -0.3 is 0 Å². The molecule has 0 aliphatic carbocycles. The van der Waals surface area contributed by atoms with E-state index >= 15 is 0 Å². The van der Waals surface area contributed by atoms with Crippen LogP contribution in [0.2, 0.25) is 10.0 Å². The van der Waals surface area contributed by atoms with Crippen LogP contribution in [0.25, 0.3) is 54.5 Å². The molecule has 0 saturated heterocycles. The highest BCUT2D eigenvalue weighted by Gasteiger charge is 2.24. The molecule has 142 valence electrons. The molecule has 5 heteroatoms. The van der Waals surface area contributed by atoms with Gasteiger partial charge in [0.1, 0.15) is 0 Å². The zero-order chi connectivity index (χ0) is 20.6. The normalized spacial score (nSPS) is 11.9. The topological polar surface area (TPSA) is 47.0 Å². The number of aromatic nitrogens is 1. The highest BCUT2D eigenvalue weighted by molar-refractivity contribution is 6.38. The summed E-state index contributed by atoms with van der Waals surface area (Å²) in [7, 11) is 0. The van der Waals surface area contributed by atoms with Crippen molar-refractivity contribution in [1.29, 1.82) is 0 Å². The van der Waals surface area contributed by atoms with Gasteiger partial charge in [-0.15, -0.1) is 0 Å². The maximum Gasteiger partial charge on any atom is 0.196 e. The summed E-state index contributed by atoms with van der Waals surface area (Å²) in [4.78, 5) is 31.7. The Labute approximate surface area is 179 Å². The first-order valence-corrected chi connectivity index (χ1v) is 10.1. The molecule has 0 aliphatic rings. The van der Waals surface area contributed by atoms with Gasteiger partial charge in [0, 0.05) is 42.7 Å². The minimum atomic E-state index is -0.152. The lowest BCUT2D eigenvalue weighted by molar-refractivity contribution is 1.55. The van der Waals surface area contributed by atoms with Gasteiger partial charge in [0.25, 0.3) is 0 Å². The first-order valence-electron chi connectivity index (χ1n) is 9.38. The molecule has 30 heavy (non-hydrogen) atoms. The van der Waals surface area contributed by atoms with Crippen LogP contribution in [0, 0.1) is 0 Å². The van der Waals surface area contributed by atoms with Crippen molar-refractivity contribution in [3.05, 3.63) is 97.2 Å². The Morgan fingerprint density at radius 1 is 0.633 bits per heavy atom. The standard InChI is InChI=1S/C25H11Cl2NO2/c26-12-9-10-17(18(27)11-12)19-20-22(13-5-1-3-7-15(13)24(20)29)28-23-14-6-2-4-8-16(14)25(30)21(19)23/h1-11H. The van der Waals surface area contributed by atoms with Crippen LogP contribution in [0.3, 0.4) is 0 Å². The van der Waals surface area contributed by atoms with Gasteiger partial charge in [-0.2, -0.15) is 0 Å². The largest absolute Gasteiger partial charge is 0.288 e. The molecule has 1 heterocycles. The summed E-state index contributed by atoms with van der Waals surface area (Å²) in [5.74, 6) is 0. The summed E-state index contributed by atoms with van der Waals surface area (Å²) in [5.41, 5.74) is 1.98. The monoisotopic (exact) mass is 427 g/mol. The third-order valence-corrected chi connectivity index (χ3v) is 6.25. The molecule has 0 fully saturated rings. The van der Waals surface area contributed by atoms with E-state index in [9.17, 15) is 9.59 Å². The maximum absolute atomic E-state index is 13.4. The van der Waals surface area contributed by atoms with Crippen LogP contribution in [-0.4, -0.2) is 4.98 Å². The number of halogens is 2. The third-order valence-electron chi connectivity index (χ3n) is 5.71. The lowest BCUT2D eigenvalue weighted by Gasteiger charge is -2.08. The summed E-state index contributed by atoms with van der Waals surface area (Å²) in [6, 6.07) is 19.8. The molecule has 1 aromatic heterocycles. The molecule has 0 unspecified atom stereocenters. The van der Waals surface area contributed by atoms with Crippen LogP contribution in [-0.2, 0) is 0 Å². The predicted molar refractivity (Wildman–Crippen MR) is 125 cm³/mol. The van der Waals surface area contributed by atoms with Crippen molar-refractivity contribution in [2.45, 2.75) is 0 Å². The average molecular weight is 428 g/mol. The van der Waals surface area contributed by atoms with Gasteiger partial charge in [0.2, 0.25) is 0 Å². The van der Waals surface area contributed by atoms with Crippen molar-refractivity contribution in [3.63, 3.8) is 0 Å². The molecule has 0 spiro atoms. The molecule has 0 bridgehead atoms. The Morgan fingerprint density at radius 2 is 1.13 bits per heavy atom. The molecule has 6 rings (SSSR count). The molecule has 0 N–H and O–H groups in total. The smallest absolute Gasteiger partial charge is 0.196 e. The van der Waals surface area contributed by atoms with E-state index in [1.807, 2.05) is 36.4 Å². The fraction of sp³-hybridized carbons (Fsp3) is 0. The Hall–Kier alpha value is -3.27. The number of benzene rings is 3. The summed E-state index contributed by atoms with van der Waals surface area (Å²) in [6.07, 6.45) is 0. The van der Waals surface area contributed by atoms with Crippen LogP contribution in [0.1, 0.15) is 0 Å². The maximum atomic E-state index is 13.4. The summed E-state index contributed by atoms with van der Waals surface area (Å²) >= 11 is 12.7. The van der Waals surface area contributed by atoms with Gasteiger partial charge in [-0.25, -0.2) is 4.98 Å². The van der Waals surface area contributed by atoms with Crippen molar-refractivity contribution >= 4 is 66.6 Å². The number of hydrogen-bond acceptors (Lipinski definition) is 3. The van der Waals surface area contributed by atoms with Gasteiger partial charge in [0.15, 0.2) is 10.9 Å². The molecule has 0 aliphatic heterocycles. The highest BCUT2D eigenvalue weighted by atomic mass is 35.5. The van der Waals surface area contributed by atoms with Crippen LogP contribution >= 0.6 is 23.2 Å². The van der Waals surface area contributed by atoms with Gasteiger partial charge in [-0.05, 0) is 12.1 Å². The minimum absolute atomic E-state index is 0.152. The van der Waals surface area contributed by atoms with Gasteiger partial charge in [-0.3, -0.25) is 9.59 Å². The van der Waals surface area contributed by atoms with Crippen molar-refractivity contribution in [2.75, 3.05) is 0 Å². The van der Waals surface area contributed by atoms with Crippen LogP contribution in [0.15, 0.2) is 76.3 Å². The van der Waals surface area contributed by atoms with E-state index < -0.39 is 0 Å². The highest BCUT2D eigenvalue weighted by Crippen LogP contribution is 2.41. The van der Waals surface area contributed by atoms with Gasteiger partial charge in [-0.1, -0.05) is 77.8 Å². The summed E-state index contributed by atoms with van der Waals surface area (Å²) in [6.45, 7) is 0. The Kier molecular flexibility index (Phi) is 3.58. The number of pyridine rings is 1. The Balaban J connectivity index is 2.00. The molecule has 6 aromatic rings. The fourth-order valence-corrected chi connectivity index (χ4v) is 4.93. The second-order valence-electron chi connectivity index (χ2n) is 7.31. The molecular weight excluding hydrogens is 417 g/mol. The summed E-state index contributed by atoms with van der Waals surface area (Å²) < 4.78 is 0. The molecule has 3 nitrogen and oxygen atoms in total. The lowest BCUT2D eigenvalue weighted by Crippen LogP contribution is -2.02. The Morgan fingerprint density at radius 3 is 1.63 bits per heavy atom. The van der Waals surface area contributed by atoms with Crippen molar-refractivity contribution in [1.82, 2.24) is 4.98 Å². The number of nitrogens with zero attached hydrogens (tertiary/aromatic N) is 1. The first-order chi connectivity index (χ1) is 14.6.